The molecule has 0 fully saturated rings. The monoisotopic (exact) mass is 342 g/mol. The molecule has 2 N–H and O–H groups in total. The molecule has 3 rings (SSSR count). The van der Waals surface area contributed by atoms with Crippen molar-refractivity contribution >= 4 is 23.3 Å². The number of hydrazone groups is 1. The van der Waals surface area contributed by atoms with Crippen molar-refractivity contribution in [1.82, 2.24) is 18.7 Å². The number of nitrogens with one attached hydrogen (secondary N) is 1. The number of benzene rings is 1. The molecule has 130 valence electrons. The van der Waals surface area contributed by atoms with E-state index in [0.717, 1.165) is 10.1 Å². The predicted molar refractivity (Wildman–Crippen MR) is 95.2 cm³/mol. The maximum absolute atomic E-state index is 12.4. The molecule has 9 nitrogen and oxygen atoms in total. The molecule has 0 aliphatic rings. The van der Waals surface area contributed by atoms with E-state index in [9.17, 15) is 14.7 Å². The maximum atomic E-state index is 12.4. The zero-order valence-corrected chi connectivity index (χ0v) is 14.1. The first-order valence-electron chi connectivity index (χ1n) is 7.68. The number of aromatic nitrogens is 4. The third-order valence-corrected chi connectivity index (χ3v) is 3.94. The molecule has 0 amide bonds. The number of fused-ring (bicyclic) bond motifs is 1. The normalized spacial score (nSPS) is 11.5. The standard InChI is InChI=1S/C16H18N6O3/c1-4-22-12-13(20(2)16(25)21(3)14(12)24)18-15(22)19-17-9-10-5-7-11(23)8-6-10/h5-9,23H,4H2,1-3H3,(H,18,19)/b17-9+. The van der Waals surface area contributed by atoms with Gasteiger partial charge in [-0.3, -0.25) is 13.9 Å². The van der Waals surface area contributed by atoms with Crippen LogP contribution in [0.15, 0.2) is 39.0 Å². The molecule has 2 aromatic heterocycles. The van der Waals surface area contributed by atoms with Crippen LogP contribution < -0.4 is 16.7 Å². The Kier molecular flexibility index (Phi) is 4.14. The summed E-state index contributed by atoms with van der Waals surface area (Å²) in [6.45, 7) is 2.36. The number of aromatic hydroxyl groups is 1. The quantitative estimate of drug-likeness (QED) is 0.533. The van der Waals surface area contributed by atoms with Crippen LogP contribution in [0.25, 0.3) is 11.2 Å². The third kappa shape index (κ3) is 2.80. The predicted octanol–water partition coefficient (Wildman–Crippen LogP) is 0.605. The summed E-state index contributed by atoms with van der Waals surface area (Å²) >= 11 is 0. The second-order valence-corrected chi connectivity index (χ2v) is 5.52. The number of hydrogen-bond donors (Lipinski definition) is 2. The fourth-order valence-electron chi connectivity index (χ4n) is 2.56. The molecule has 0 spiro atoms. The maximum Gasteiger partial charge on any atom is 0.332 e. The number of aryl methyl sites for hydroxylation is 2. The smallest absolute Gasteiger partial charge is 0.332 e. The summed E-state index contributed by atoms with van der Waals surface area (Å²) in [7, 11) is 3.01. The van der Waals surface area contributed by atoms with Crippen LogP contribution in [0.1, 0.15) is 12.5 Å². The SMILES string of the molecule is CCn1c(N/N=C/c2ccc(O)cc2)nc2c1c(=O)n(C)c(=O)n2C. The number of imidazole rings is 1. The van der Waals surface area contributed by atoms with Crippen molar-refractivity contribution in [2.45, 2.75) is 13.5 Å². The van der Waals surface area contributed by atoms with Crippen molar-refractivity contribution in [1.29, 1.82) is 0 Å². The van der Waals surface area contributed by atoms with E-state index >= 15 is 0 Å². The minimum absolute atomic E-state index is 0.176. The van der Waals surface area contributed by atoms with Gasteiger partial charge in [-0.25, -0.2) is 10.2 Å². The van der Waals surface area contributed by atoms with Crippen molar-refractivity contribution in [2.24, 2.45) is 19.2 Å². The average molecular weight is 342 g/mol. The summed E-state index contributed by atoms with van der Waals surface area (Å²) < 4.78 is 4.06. The van der Waals surface area contributed by atoms with E-state index in [4.69, 9.17) is 0 Å². The molecule has 0 bridgehead atoms. The largest absolute Gasteiger partial charge is 0.508 e. The lowest BCUT2D eigenvalue weighted by Crippen LogP contribution is -2.37. The van der Waals surface area contributed by atoms with E-state index in [0.29, 0.717) is 23.7 Å². The first-order chi connectivity index (χ1) is 11.9. The molecular formula is C16H18N6O3. The van der Waals surface area contributed by atoms with Crippen molar-refractivity contribution < 1.29 is 5.11 Å². The van der Waals surface area contributed by atoms with E-state index in [2.05, 4.69) is 15.5 Å². The highest BCUT2D eigenvalue weighted by Gasteiger charge is 2.17. The fraction of sp³-hybridized carbons (Fsp3) is 0.250. The van der Waals surface area contributed by atoms with Gasteiger partial charge in [-0.1, -0.05) is 0 Å². The number of phenols is 1. The average Bonchev–Trinajstić information content (AvgIpc) is 2.98. The Labute approximate surface area is 142 Å². The molecule has 1 aromatic carbocycles. The van der Waals surface area contributed by atoms with Gasteiger partial charge in [0.15, 0.2) is 11.2 Å². The molecule has 0 atom stereocenters. The lowest BCUT2D eigenvalue weighted by atomic mass is 10.2. The lowest BCUT2D eigenvalue weighted by Gasteiger charge is -2.05. The number of anilines is 1. The van der Waals surface area contributed by atoms with Crippen molar-refractivity contribution in [3.8, 4) is 5.75 Å². The number of rotatable bonds is 4. The summed E-state index contributed by atoms with van der Waals surface area (Å²) in [4.78, 5) is 28.8. The van der Waals surface area contributed by atoms with Crippen molar-refractivity contribution in [3.63, 3.8) is 0 Å². The van der Waals surface area contributed by atoms with Gasteiger partial charge in [-0.15, -0.1) is 0 Å². The topological polar surface area (TPSA) is 106 Å². The van der Waals surface area contributed by atoms with E-state index in [1.54, 1.807) is 42.1 Å². The first-order valence-corrected chi connectivity index (χ1v) is 7.68. The minimum atomic E-state index is -0.433. The fourth-order valence-corrected chi connectivity index (χ4v) is 2.56. The molecule has 0 radical (unpaired) electrons. The van der Waals surface area contributed by atoms with Gasteiger partial charge in [0.05, 0.1) is 6.21 Å². The van der Waals surface area contributed by atoms with Gasteiger partial charge in [-0.05, 0) is 36.8 Å². The molecule has 0 aliphatic carbocycles. The number of nitrogens with zero attached hydrogens (tertiary/aromatic N) is 5. The molecule has 0 unspecified atom stereocenters. The summed E-state index contributed by atoms with van der Waals surface area (Å²) in [5, 5.41) is 13.4. The van der Waals surface area contributed by atoms with Crippen molar-refractivity contribution in [2.75, 3.05) is 5.43 Å². The van der Waals surface area contributed by atoms with Gasteiger partial charge in [0, 0.05) is 20.6 Å². The molecule has 0 saturated carbocycles. The highest BCUT2D eigenvalue weighted by molar-refractivity contribution is 5.80. The second kappa shape index (κ2) is 6.27. The Morgan fingerprint density at radius 2 is 1.88 bits per heavy atom. The van der Waals surface area contributed by atoms with Gasteiger partial charge in [-0.2, -0.15) is 10.1 Å². The van der Waals surface area contributed by atoms with Crippen LogP contribution in [0.2, 0.25) is 0 Å². The molecule has 25 heavy (non-hydrogen) atoms. The van der Waals surface area contributed by atoms with Crippen LogP contribution in [0.5, 0.6) is 5.75 Å². The molecule has 0 saturated heterocycles. The summed E-state index contributed by atoms with van der Waals surface area (Å²) in [5.41, 5.74) is 3.40. The van der Waals surface area contributed by atoms with Gasteiger partial charge < -0.3 is 9.67 Å². The Bertz CT molecular complexity index is 1070. The third-order valence-electron chi connectivity index (χ3n) is 3.94. The number of phenolic OH excluding ortho intramolecular Hbond substituents is 1. The summed E-state index contributed by atoms with van der Waals surface area (Å²) in [5.74, 6) is 0.542. The Morgan fingerprint density at radius 1 is 1.20 bits per heavy atom. The molecule has 0 aliphatic heterocycles. The summed E-state index contributed by atoms with van der Waals surface area (Å²) in [6, 6.07) is 6.54. The highest BCUT2D eigenvalue weighted by atomic mass is 16.3. The Balaban J connectivity index is 2.03. The van der Waals surface area contributed by atoms with Gasteiger partial charge in [0.25, 0.3) is 5.56 Å². The van der Waals surface area contributed by atoms with Crippen molar-refractivity contribution in [3.05, 3.63) is 50.7 Å². The molecule has 3 aromatic rings. The van der Waals surface area contributed by atoms with Gasteiger partial charge in [0.1, 0.15) is 5.75 Å². The van der Waals surface area contributed by atoms with Crippen LogP contribution in [-0.2, 0) is 20.6 Å². The van der Waals surface area contributed by atoms with E-state index in [1.807, 2.05) is 6.92 Å². The van der Waals surface area contributed by atoms with Crippen LogP contribution in [0, 0.1) is 0 Å². The first kappa shape index (κ1) is 16.5. The van der Waals surface area contributed by atoms with Crippen LogP contribution in [0.3, 0.4) is 0 Å². The molecular weight excluding hydrogens is 324 g/mol. The van der Waals surface area contributed by atoms with Gasteiger partial charge >= 0.3 is 5.69 Å². The second-order valence-electron chi connectivity index (χ2n) is 5.52. The minimum Gasteiger partial charge on any atom is -0.508 e. The van der Waals surface area contributed by atoms with Gasteiger partial charge in [0.2, 0.25) is 5.95 Å². The Morgan fingerprint density at radius 3 is 2.52 bits per heavy atom. The van der Waals surface area contributed by atoms with E-state index in [-0.39, 0.29) is 5.75 Å². The lowest BCUT2D eigenvalue weighted by molar-refractivity contribution is 0.475. The highest BCUT2D eigenvalue weighted by Crippen LogP contribution is 2.15. The van der Waals surface area contributed by atoms with E-state index < -0.39 is 11.2 Å². The van der Waals surface area contributed by atoms with E-state index in [1.165, 1.54) is 11.6 Å². The Hall–Kier alpha value is -3.36. The van der Waals surface area contributed by atoms with Crippen LogP contribution in [0.4, 0.5) is 5.95 Å². The number of hydrogen-bond acceptors (Lipinski definition) is 6. The van der Waals surface area contributed by atoms with Crippen LogP contribution in [-0.4, -0.2) is 30.0 Å². The molecule has 9 heteroatoms. The zero-order valence-electron chi connectivity index (χ0n) is 14.1. The van der Waals surface area contributed by atoms with Crippen LogP contribution >= 0.6 is 0 Å². The zero-order chi connectivity index (χ0) is 18.1. The molecule has 2 heterocycles. The summed E-state index contributed by atoms with van der Waals surface area (Å²) in [6.07, 6.45) is 1.57.